The summed E-state index contributed by atoms with van der Waals surface area (Å²) in [5.74, 6) is -1.04. The molecule has 0 radical (unpaired) electrons. The van der Waals surface area contributed by atoms with E-state index in [1.807, 2.05) is 0 Å². The van der Waals surface area contributed by atoms with Gasteiger partial charge in [-0.1, -0.05) is 6.07 Å². The van der Waals surface area contributed by atoms with Crippen LogP contribution in [0.1, 0.15) is 12.8 Å². The lowest BCUT2D eigenvalue weighted by Crippen LogP contribution is -2.34. The average molecular weight is 366 g/mol. The minimum Gasteiger partial charge on any atom is -0.381 e. The first-order valence-corrected chi connectivity index (χ1v) is 8.55. The molecule has 0 saturated heterocycles. The topological polar surface area (TPSA) is 98.5 Å². The molecule has 1 amide bonds. The Morgan fingerprint density at radius 2 is 2.00 bits per heavy atom. The van der Waals surface area contributed by atoms with Crippen molar-refractivity contribution in [2.24, 2.45) is 11.7 Å². The molecule has 0 aromatic heterocycles. The van der Waals surface area contributed by atoms with E-state index in [1.54, 1.807) is 0 Å². The Balaban J connectivity index is 2.17. The molecule has 3 atom stereocenters. The number of ether oxygens (including phenoxy) is 1. The fraction of sp³-hybridized carbons (Fsp3) is 0.500. The minimum absolute atomic E-state index is 0.0432. The molecule has 1 saturated carbocycles. The molecular formula is C14H17F3N2O4S. The number of methoxy groups -OCH3 is 1. The van der Waals surface area contributed by atoms with Crippen LogP contribution in [-0.2, 0) is 19.4 Å². The van der Waals surface area contributed by atoms with E-state index in [-0.39, 0.29) is 11.8 Å². The van der Waals surface area contributed by atoms with Crippen LogP contribution >= 0.6 is 0 Å². The molecular weight excluding hydrogens is 349 g/mol. The summed E-state index contributed by atoms with van der Waals surface area (Å²) in [6, 6.07) is 3.59. The van der Waals surface area contributed by atoms with Crippen molar-refractivity contribution in [3.8, 4) is 0 Å². The summed E-state index contributed by atoms with van der Waals surface area (Å²) < 4.78 is 65.7. The number of carbonyl (C=O) groups is 1. The van der Waals surface area contributed by atoms with Gasteiger partial charge in [-0.3, -0.25) is 4.79 Å². The van der Waals surface area contributed by atoms with Gasteiger partial charge in [0.1, 0.15) is 0 Å². The Labute approximate surface area is 137 Å². The lowest BCUT2D eigenvalue weighted by Gasteiger charge is -2.15. The molecule has 6 nitrogen and oxygen atoms in total. The number of hydrogen-bond acceptors (Lipinski definition) is 5. The Hall–Kier alpha value is -1.65. The highest BCUT2D eigenvalue weighted by Crippen LogP contribution is 2.32. The fourth-order valence-corrected chi connectivity index (χ4v) is 3.43. The SMILES string of the molecule is CO[C@@H]1C[C@H](N)[C@H](C(=O)Nc2cccc(S(=O)(=O)C(F)(F)F)c2)C1. The zero-order chi connectivity index (χ0) is 18.1. The summed E-state index contributed by atoms with van der Waals surface area (Å²) >= 11 is 0. The van der Waals surface area contributed by atoms with Crippen LogP contribution < -0.4 is 11.1 Å². The van der Waals surface area contributed by atoms with Crippen LogP contribution in [0.15, 0.2) is 29.2 Å². The van der Waals surface area contributed by atoms with Gasteiger partial charge in [-0.15, -0.1) is 0 Å². The minimum atomic E-state index is -5.47. The second kappa shape index (κ2) is 6.69. The zero-order valence-electron chi connectivity index (χ0n) is 12.7. The standard InChI is InChI=1S/C14H17F3N2O4S/c1-23-9-6-11(12(18)7-9)13(20)19-8-3-2-4-10(5-8)24(21,22)14(15,16)17/h2-5,9,11-12H,6-7,18H2,1H3,(H,19,20)/t9-,11+,12-/m0/s1. The third-order valence-electron chi connectivity index (χ3n) is 3.96. The molecule has 10 heteroatoms. The van der Waals surface area contributed by atoms with Gasteiger partial charge in [-0.25, -0.2) is 8.42 Å². The van der Waals surface area contributed by atoms with E-state index >= 15 is 0 Å². The third kappa shape index (κ3) is 3.70. The molecule has 1 aliphatic carbocycles. The number of nitrogens with one attached hydrogen (secondary N) is 1. The van der Waals surface area contributed by atoms with Gasteiger partial charge in [0, 0.05) is 18.8 Å². The van der Waals surface area contributed by atoms with Crippen LogP contribution in [0.5, 0.6) is 0 Å². The Bertz CT molecular complexity index is 721. The number of anilines is 1. The van der Waals surface area contributed by atoms with Crippen molar-refractivity contribution in [2.45, 2.75) is 35.4 Å². The van der Waals surface area contributed by atoms with Crippen molar-refractivity contribution in [2.75, 3.05) is 12.4 Å². The summed E-state index contributed by atoms with van der Waals surface area (Å²) in [6.07, 6.45) is 0.730. The molecule has 3 N–H and O–H groups in total. The largest absolute Gasteiger partial charge is 0.501 e. The van der Waals surface area contributed by atoms with Crippen LogP contribution in [0.3, 0.4) is 0 Å². The first kappa shape index (κ1) is 18.7. The Kier molecular flexibility index (Phi) is 5.21. The second-order valence-electron chi connectivity index (χ2n) is 5.57. The van der Waals surface area contributed by atoms with Gasteiger partial charge in [0.25, 0.3) is 9.84 Å². The van der Waals surface area contributed by atoms with Crippen LogP contribution in [0, 0.1) is 5.92 Å². The summed E-state index contributed by atoms with van der Waals surface area (Å²) in [5, 5.41) is 2.42. The zero-order valence-corrected chi connectivity index (χ0v) is 13.5. The van der Waals surface area contributed by atoms with Gasteiger partial charge in [0.05, 0.1) is 16.9 Å². The number of amides is 1. The maximum absolute atomic E-state index is 12.6. The number of halogens is 3. The van der Waals surface area contributed by atoms with Crippen LogP contribution in [0.4, 0.5) is 18.9 Å². The highest BCUT2D eigenvalue weighted by atomic mass is 32.2. The van der Waals surface area contributed by atoms with E-state index in [0.717, 1.165) is 18.2 Å². The van der Waals surface area contributed by atoms with Gasteiger partial charge < -0.3 is 15.8 Å². The van der Waals surface area contributed by atoms with Crippen molar-refractivity contribution < 1.29 is 31.1 Å². The van der Waals surface area contributed by atoms with Crippen molar-refractivity contribution >= 4 is 21.4 Å². The highest BCUT2D eigenvalue weighted by Gasteiger charge is 2.47. The van der Waals surface area contributed by atoms with Gasteiger partial charge in [0.15, 0.2) is 0 Å². The van der Waals surface area contributed by atoms with Gasteiger partial charge in [-0.05, 0) is 31.0 Å². The molecule has 1 fully saturated rings. The maximum atomic E-state index is 12.6. The molecule has 0 aliphatic heterocycles. The lowest BCUT2D eigenvalue weighted by molar-refractivity contribution is -0.120. The van der Waals surface area contributed by atoms with E-state index < -0.39 is 38.1 Å². The van der Waals surface area contributed by atoms with Crippen molar-refractivity contribution in [1.29, 1.82) is 0 Å². The van der Waals surface area contributed by atoms with Crippen LogP contribution in [0.2, 0.25) is 0 Å². The smallest absolute Gasteiger partial charge is 0.381 e. The molecule has 134 valence electrons. The summed E-state index contributed by atoms with van der Waals surface area (Å²) in [4.78, 5) is 11.3. The van der Waals surface area contributed by atoms with E-state index in [1.165, 1.54) is 13.2 Å². The number of hydrogen-bond donors (Lipinski definition) is 2. The van der Waals surface area contributed by atoms with E-state index in [0.29, 0.717) is 12.8 Å². The lowest BCUT2D eigenvalue weighted by atomic mass is 10.0. The third-order valence-corrected chi connectivity index (χ3v) is 5.44. The number of rotatable bonds is 4. The number of benzene rings is 1. The molecule has 0 heterocycles. The molecule has 1 aromatic carbocycles. The monoisotopic (exact) mass is 366 g/mol. The van der Waals surface area contributed by atoms with Gasteiger partial charge in [-0.2, -0.15) is 13.2 Å². The van der Waals surface area contributed by atoms with E-state index in [4.69, 9.17) is 10.5 Å². The van der Waals surface area contributed by atoms with E-state index in [2.05, 4.69) is 5.32 Å². The summed E-state index contributed by atoms with van der Waals surface area (Å²) in [7, 11) is -3.97. The van der Waals surface area contributed by atoms with Gasteiger partial charge in [0.2, 0.25) is 5.91 Å². The van der Waals surface area contributed by atoms with Gasteiger partial charge >= 0.3 is 5.51 Å². The Morgan fingerprint density at radius 1 is 1.33 bits per heavy atom. The van der Waals surface area contributed by atoms with Crippen LogP contribution in [-0.4, -0.2) is 39.1 Å². The van der Waals surface area contributed by atoms with Crippen LogP contribution in [0.25, 0.3) is 0 Å². The van der Waals surface area contributed by atoms with Crippen molar-refractivity contribution in [1.82, 2.24) is 0 Å². The summed E-state index contributed by atoms with van der Waals surface area (Å²) in [5.41, 5.74) is 0.420. The number of carbonyl (C=O) groups excluding carboxylic acids is 1. The first-order valence-electron chi connectivity index (χ1n) is 7.07. The summed E-state index contributed by atoms with van der Waals surface area (Å²) in [6.45, 7) is 0. The molecule has 1 aromatic rings. The van der Waals surface area contributed by atoms with Crippen molar-refractivity contribution in [3.05, 3.63) is 24.3 Å². The average Bonchev–Trinajstić information content (AvgIpc) is 2.87. The first-order chi connectivity index (χ1) is 11.1. The number of alkyl halides is 3. The quantitative estimate of drug-likeness (QED) is 0.845. The molecule has 0 spiro atoms. The molecule has 1 aliphatic rings. The fourth-order valence-electron chi connectivity index (χ4n) is 2.63. The Morgan fingerprint density at radius 3 is 2.54 bits per heavy atom. The highest BCUT2D eigenvalue weighted by molar-refractivity contribution is 7.92. The van der Waals surface area contributed by atoms with E-state index in [9.17, 15) is 26.4 Å². The molecule has 0 bridgehead atoms. The predicted molar refractivity (Wildman–Crippen MR) is 79.8 cm³/mol. The van der Waals surface area contributed by atoms with Crippen molar-refractivity contribution in [3.63, 3.8) is 0 Å². The second-order valence-corrected chi connectivity index (χ2v) is 7.51. The molecule has 2 rings (SSSR count). The molecule has 24 heavy (non-hydrogen) atoms. The number of sulfone groups is 1. The normalized spacial score (nSPS) is 24.8. The predicted octanol–water partition coefficient (Wildman–Crippen LogP) is 1.67. The maximum Gasteiger partial charge on any atom is 0.501 e. The number of nitrogens with two attached hydrogens (primary N) is 1. The molecule has 0 unspecified atom stereocenters.